The van der Waals surface area contributed by atoms with E-state index < -0.39 is 24.4 Å². The van der Waals surface area contributed by atoms with Crippen molar-refractivity contribution in [1.29, 1.82) is 0 Å². The van der Waals surface area contributed by atoms with E-state index in [1.807, 2.05) is 5.38 Å². The molecule has 11 nitrogen and oxygen atoms in total. The van der Waals surface area contributed by atoms with Gasteiger partial charge in [0.15, 0.2) is 23.0 Å². The molecule has 1 saturated heterocycles. The molecule has 0 spiro atoms. The number of hydrogen-bond acceptors (Lipinski definition) is 12. The minimum atomic E-state index is -1.16. The normalized spacial score (nSPS) is 22.3. The number of rotatable bonds is 11. The Hall–Kier alpha value is -2.26. The maximum absolute atomic E-state index is 16.5. The molecule has 14 heteroatoms. The average molecular weight is 584 g/mol. The quantitative estimate of drug-likeness (QED) is 0.233. The van der Waals surface area contributed by atoms with Gasteiger partial charge in [-0.1, -0.05) is 24.6 Å². The van der Waals surface area contributed by atoms with Gasteiger partial charge in [0.2, 0.25) is 6.29 Å². The summed E-state index contributed by atoms with van der Waals surface area (Å²) in [7, 11) is 1.75. The maximum Gasteiger partial charge on any atom is 0.431 e. The Balaban J connectivity index is 1.68. The Labute approximate surface area is 237 Å². The van der Waals surface area contributed by atoms with Gasteiger partial charge in [-0.2, -0.15) is 0 Å². The zero-order chi connectivity index (χ0) is 27.8. The van der Waals surface area contributed by atoms with Crippen molar-refractivity contribution in [1.82, 2.24) is 24.9 Å². The minimum absolute atomic E-state index is 0.0278. The molecule has 2 atom stereocenters. The number of amidine groups is 1. The molecule has 1 amide bonds. The summed E-state index contributed by atoms with van der Waals surface area (Å²) in [6.07, 6.45) is 8.26. The Kier molecular flexibility index (Phi) is 11.0. The van der Waals surface area contributed by atoms with E-state index in [1.165, 1.54) is 38.1 Å². The minimum Gasteiger partial charge on any atom is -0.418 e. The molecule has 1 aliphatic carbocycles. The van der Waals surface area contributed by atoms with Crippen molar-refractivity contribution in [3.05, 3.63) is 28.2 Å². The fourth-order valence-electron chi connectivity index (χ4n) is 5.09. The summed E-state index contributed by atoms with van der Waals surface area (Å²) in [6, 6.07) is 0. The third kappa shape index (κ3) is 7.48. The van der Waals surface area contributed by atoms with E-state index in [0.717, 1.165) is 43.5 Å². The van der Waals surface area contributed by atoms with E-state index >= 15 is 4.39 Å². The summed E-state index contributed by atoms with van der Waals surface area (Å²) in [5.74, 6) is 6.48. The largest absolute Gasteiger partial charge is 0.431 e. The molecule has 2 N–H and O–H groups in total. The first kappa shape index (κ1) is 29.7. The molecular formula is C25H38FN7O4S2. The lowest BCUT2D eigenvalue weighted by molar-refractivity contribution is -0.147. The fourth-order valence-corrected chi connectivity index (χ4v) is 6.32. The molecule has 216 valence electrons. The first-order valence-corrected chi connectivity index (χ1v) is 15.5. The summed E-state index contributed by atoms with van der Waals surface area (Å²) in [4.78, 5) is 35.5. The van der Waals surface area contributed by atoms with E-state index in [-0.39, 0.29) is 18.8 Å². The second kappa shape index (κ2) is 14.4. The fraction of sp³-hybridized carbons (Fsp3) is 0.680. The molecule has 3 heterocycles. The molecule has 1 aromatic rings. The number of hydrazine groups is 2. The summed E-state index contributed by atoms with van der Waals surface area (Å²) < 4.78 is 27.8. The highest BCUT2D eigenvalue weighted by atomic mass is 32.2. The van der Waals surface area contributed by atoms with Gasteiger partial charge >= 0.3 is 6.09 Å². The molecule has 1 saturated carbocycles. The van der Waals surface area contributed by atoms with E-state index in [0.29, 0.717) is 43.5 Å². The van der Waals surface area contributed by atoms with E-state index in [9.17, 15) is 9.59 Å². The van der Waals surface area contributed by atoms with Crippen molar-refractivity contribution in [2.45, 2.75) is 70.4 Å². The average Bonchev–Trinajstić information content (AvgIpc) is 3.64. The number of carbonyl (C=O) groups is 2. The van der Waals surface area contributed by atoms with E-state index in [4.69, 9.17) is 15.3 Å². The van der Waals surface area contributed by atoms with Crippen molar-refractivity contribution >= 4 is 40.6 Å². The highest BCUT2D eigenvalue weighted by Gasteiger charge is 2.43. The van der Waals surface area contributed by atoms with Crippen molar-refractivity contribution in [3.63, 3.8) is 0 Å². The number of aromatic nitrogens is 1. The maximum atomic E-state index is 16.5. The molecular weight excluding hydrogens is 545 g/mol. The van der Waals surface area contributed by atoms with Gasteiger partial charge in [0.05, 0.1) is 19.7 Å². The smallest absolute Gasteiger partial charge is 0.418 e. The van der Waals surface area contributed by atoms with Gasteiger partial charge in [0, 0.05) is 38.0 Å². The highest BCUT2D eigenvalue weighted by molar-refractivity contribution is 8.13. The first-order valence-electron chi connectivity index (χ1n) is 13.4. The van der Waals surface area contributed by atoms with Crippen molar-refractivity contribution < 1.29 is 23.5 Å². The van der Waals surface area contributed by atoms with Crippen LogP contribution in [0.15, 0.2) is 28.2 Å². The number of nitrogens with zero attached hydrogens (tertiary/aromatic N) is 6. The number of carbonyl (C=O) groups excluding carboxylic acids is 2. The molecule has 1 unspecified atom stereocenters. The number of ether oxygens (including phenoxy) is 2. The molecule has 2 fully saturated rings. The van der Waals surface area contributed by atoms with Gasteiger partial charge in [-0.3, -0.25) is 5.84 Å². The Morgan fingerprint density at radius 1 is 1.33 bits per heavy atom. The topological polar surface area (TPSA) is 117 Å². The standard InChI is InChI=1S/C25H38FN7O4S2/c1-30(17-19-28-11-15-39-19)22-21(26)23(31(27)16-18-8-3-4-9-18)33(24(29-22)38-2)32(12-7-13-34)25(35)37-20-10-5-6-14-36-20/h11,13,15,18,20,23H,3-10,12,14,16-17,27H2,1-2H3/t20-,23?/m1/s1. The molecule has 0 radical (unpaired) electrons. The number of hydrogen-bond donors (Lipinski definition) is 1. The third-order valence-electron chi connectivity index (χ3n) is 7.03. The molecule has 0 bridgehead atoms. The molecule has 0 aromatic carbocycles. The van der Waals surface area contributed by atoms with Crippen molar-refractivity contribution in [3.8, 4) is 0 Å². The van der Waals surface area contributed by atoms with Crippen LogP contribution < -0.4 is 5.84 Å². The van der Waals surface area contributed by atoms with Crippen LogP contribution in [0.3, 0.4) is 0 Å². The highest BCUT2D eigenvalue weighted by Crippen LogP contribution is 2.34. The number of halogens is 1. The van der Waals surface area contributed by atoms with Crippen LogP contribution in [-0.2, 0) is 20.8 Å². The van der Waals surface area contributed by atoms with Gasteiger partial charge in [-0.25, -0.2) is 34.2 Å². The van der Waals surface area contributed by atoms with Gasteiger partial charge in [-0.15, -0.1) is 11.3 Å². The van der Waals surface area contributed by atoms with Crippen LogP contribution in [0.4, 0.5) is 9.18 Å². The number of thiazole rings is 1. The Morgan fingerprint density at radius 2 is 2.10 bits per heavy atom. The molecule has 3 aliphatic rings. The Bertz CT molecular complexity index is 1020. The monoisotopic (exact) mass is 583 g/mol. The Morgan fingerprint density at radius 3 is 2.74 bits per heavy atom. The molecule has 1 aromatic heterocycles. The van der Waals surface area contributed by atoms with Gasteiger partial charge in [0.1, 0.15) is 11.3 Å². The lowest BCUT2D eigenvalue weighted by atomic mass is 10.1. The predicted molar refractivity (Wildman–Crippen MR) is 149 cm³/mol. The number of amides is 1. The number of thioether (sulfide) groups is 1. The van der Waals surface area contributed by atoms with E-state index in [1.54, 1.807) is 24.4 Å². The SMILES string of the molecule is CSC1=NC(N(C)Cc2nccs2)=C(F)C(N(N)CC2CCCC2)N1N(CCC=O)C(=O)O[C@@H]1CCCCO1. The molecule has 39 heavy (non-hydrogen) atoms. The molecule has 2 aliphatic heterocycles. The lowest BCUT2D eigenvalue weighted by Crippen LogP contribution is -2.64. The third-order valence-corrected chi connectivity index (χ3v) is 8.44. The van der Waals surface area contributed by atoms with Crippen LogP contribution in [0.25, 0.3) is 0 Å². The predicted octanol–water partition coefficient (Wildman–Crippen LogP) is 3.91. The molecule has 4 rings (SSSR count). The number of nitrogens with two attached hydrogens (primary N) is 1. The number of aldehydes is 1. The van der Waals surface area contributed by atoms with Crippen LogP contribution in [0.1, 0.15) is 56.4 Å². The van der Waals surface area contributed by atoms with Crippen molar-refractivity contribution in [2.75, 3.05) is 33.0 Å². The van der Waals surface area contributed by atoms with Gasteiger partial charge in [-0.05, 0) is 37.9 Å². The van der Waals surface area contributed by atoms with Crippen LogP contribution in [-0.4, -0.2) is 87.9 Å². The van der Waals surface area contributed by atoms with Crippen LogP contribution in [0.2, 0.25) is 0 Å². The lowest BCUT2D eigenvalue weighted by Gasteiger charge is -2.46. The summed E-state index contributed by atoms with van der Waals surface area (Å²) >= 11 is 2.73. The van der Waals surface area contributed by atoms with E-state index in [2.05, 4.69) is 9.98 Å². The number of aliphatic imine (C=N–C) groups is 1. The summed E-state index contributed by atoms with van der Waals surface area (Å²) in [5, 5.41) is 7.16. The second-order valence-corrected chi connectivity index (χ2v) is 11.6. The van der Waals surface area contributed by atoms with Gasteiger partial charge < -0.3 is 19.2 Å². The van der Waals surface area contributed by atoms with Gasteiger partial charge in [0.25, 0.3) is 0 Å². The zero-order valence-electron chi connectivity index (χ0n) is 22.5. The van der Waals surface area contributed by atoms with Crippen molar-refractivity contribution in [2.24, 2.45) is 16.8 Å². The summed E-state index contributed by atoms with van der Waals surface area (Å²) in [5.41, 5.74) is 0. The van der Waals surface area contributed by atoms with Crippen LogP contribution in [0, 0.1) is 5.92 Å². The van der Waals surface area contributed by atoms with Crippen LogP contribution in [0.5, 0.6) is 0 Å². The summed E-state index contributed by atoms with van der Waals surface area (Å²) in [6.45, 7) is 1.28. The first-order chi connectivity index (χ1) is 18.9. The van der Waals surface area contributed by atoms with Crippen LogP contribution >= 0.6 is 23.1 Å². The zero-order valence-corrected chi connectivity index (χ0v) is 24.2. The second-order valence-electron chi connectivity index (χ2n) is 9.88.